The van der Waals surface area contributed by atoms with Gasteiger partial charge in [0.1, 0.15) is 5.82 Å². The third-order valence-corrected chi connectivity index (χ3v) is 5.43. The lowest BCUT2D eigenvalue weighted by molar-refractivity contribution is -0.132. The maximum atomic E-state index is 13.4. The van der Waals surface area contributed by atoms with E-state index in [-0.39, 0.29) is 11.7 Å². The number of nitrogens with zero attached hydrogens (tertiary/aromatic N) is 1. The number of H-pyrrole nitrogens is 1. The molecule has 0 aliphatic carbocycles. The van der Waals surface area contributed by atoms with Gasteiger partial charge in [0.05, 0.1) is 0 Å². The fourth-order valence-corrected chi connectivity index (χ4v) is 3.95. The zero-order chi connectivity index (χ0) is 17.9. The van der Waals surface area contributed by atoms with Crippen molar-refractivity contribution in [1.82, 2.24) is 9.88 Å². The van der Waals surface area contributed by atoms with E-state index < -0.39 is 0 Å². The predicted molar refractivity (Wildman–Crippen MR) is 102 cm³/mol. The second kappa shape index (κ2) is 7.32. The van der Waals surface area contributed by atoms with Gasteiger partial charge in [-0.15, -0.1) is 0 Å². The number of hydrogen-bond acceptors (Lipinski definition) is 1. The molecule has 134 valence electrons. The van der Waals surface area contributed by atoms with Crippen LogP contribution in [0.3, 0.4) is 0 Å². The molecule has 1 aliphatic heterocycles. The summed E-state index contributed by atoms with van der Waals surface area (Å²) >= 11 is 0. The van der Waals surface area contributed by atoms with Crippen LogP contribution in [0.1, 0.15) is 36.3 Å². The van der Waals surface area contributed by atoms with Gasteiger partial charge in [-0.2, -0.15) is 0 Å². The average molecular weight is 350 g/mol. The molecule has 4 heteroatoms. The van der Waals surface area contributed by atoms with Gasteiger partial charge in [-0.25, -0.2) is 4.39 Å². The Hall–Kier alpha value is -2.62. The van der Waals surface area contributed by atoms with Gasteiger partial charge in [-0.1, -0.05) is 30.3 Å². The number of amides is 1. The van der Waals surface area contributed by atoms with E-state index in [4.69, 9.17) is 0 Å². The Kier molecular flexibility index (Phi) is 4.74. The van der Waals surface area contributed by atoms with E-state index in [1.54, 1.807) is 6.07 Å². The second-order valence-corrected chi connectivity index (χ2v) is 7.07. The smallest absolute Gasteiger partial charge is 0.222 e. The van der Waals surface area contributed by atoms with Crippen LogP contribution in [-0.2, 0) is 11.2 Å². The van der Waals surface area contributed by atoms with Gasteiger partial charge in [0.25, 0.3) is 0 Å². The number of fused-ring (bicyclic) bond motifs is 1. The molecule has 3 aromatic rings. The summed E-state index contributed by atoms with van der Waals surface area (Å²) in [5.41, 5.74) is 3.31. The van der Waals surface area contributed by atoms with Crippen LogP contribution in [0.5, 0.6) is 0 Å². The minimum absolute atomic E-state index is 0.218. The van der Waals surface area contributed by atoms with E-state index in [1.807, 2.05) is 35.4 Å². The monoisotopic (exact) mass is 350 g/mol. The van der Waals surface area contributed by atoms with Crippen LogP contribution < -0.4 is 0 Å². The van der Waals surface area contributed by atoms with Gasteiger partial charge in [0.15, 0.2) is 0 Å². The molecule has 0 unspecified atom stereocenters. The number of benzene rings is 2. The van der Waals surface area contributed by atoms with Crippen LogP contribution in [0.2, 0.25) is 0 Å². The minimum atomic E-state index is -0.218. The topological polar surface area (TPSA) is 36.1 Å². The van der Waals surface area contributed by atoms with Crippen molar-refractivity contribution in [3.63, 3.8) is 0 Å². The van der Waals surface area contributed by atoms with Crippen LogP contribution >= 0.6 is 0 Å². The zero-order valence-corrected chi connectivity index (χ0v) is 14.7. The average Bonchev–Trinajstić information content (AvgIpc) is 3.10. The molecule has 1 amide bonds. The zero-order valence-electron chi connectivity index (χ0n) is 14.7. The first kappa shape index (κ1) is 16.8. The Morgan fingerprint density at radius 1 is 1.12 bits per heavy atom. The van der Waals surface area contributed by atoms with Crippen molar-refractivity contribution in [3.8, 4) is 0 Å². The molecule has 0 atom stereocenters. The van der Waals surface area contributed by atoms with E-state index >= 15 is 0 Å². The van der Waals surface area contributed by atoms with E-state index in [0.29, 0.717) is 12.3 Å². The molecule has 1 saturated heterocycles. The fourth-order valence-electron chi connectivity index (χ4n) is 3.95. The van der Waals surface area contributed by atoms with Crippen molar-refractivity contribution in [3.05, 3.63) is 71.7 Å². The number of aromatic amines is 1. The largest absolute Gasteiger partial charge is 0.361 e. The van der Waals surface area contributed by atoms with Crippen LogP contribution in [0.15, 0.2) is 54.7 Å². The lowest BCUT2D eigenvalue weighted by Crippen LogP contribution is -2.38. The molecule has 1 aliphatic rings. The van der Waals surface area contributed by atoms with Gasteiger partial charge in [-0.05, 0) is 54.5 Å². The van der Waals surface area contributed by atoms with Gasteiger partial charge < -0.3 is 9.88 Å². The molecule has 0 bridgehead atoms. The summed E-state index contributed by atoms with van der Waals surface area (Å²) in [6.45, 7) is 1.60. The summed E-state index contributed by atoms with van der Waals surface area (Å²) in [5, 5.41) is 1.10. The molecule has 26 heavy (non-hydrogen) atoms. The third-order valence-electron chi connectivity index (χ3n) is 5.43. The third kappa shape index (κ3) is 3.50. The summed E-state index contributed by atoms with van der Waals surface area (Å²) in [4.78, 5) is 17.7. The first-order valence-corrected chi connectivity index (χ1v) is 9.29. The molecule has 1 fully saturated rings. The highest BCUT2D eigenvalue weighted by Gasteiger charge is 2.25. The Labute approximate surface area is 152 Å². The quantitative estimate of drug-likeness (QED) is 0.731. The van der Waals surface area contributed by atoms with Gasteiger partial charge in [0, 0.05) is 36.6 Å². The number of halogens is 1. The first-order chi connectivity index (χ1) is 12.7. The molecular formula is C22H23FN2O. The number of carbonyl (C=O) groups excluding carboxylic acids is 1. The van der Waals surface area contributed by atoms with Crippen molar-refractivity contribution in [2.75, 3.05) is 13.1 Å². The molecule has 2 aromatic carbocycles. The van der Waals surface area contributed by atoms with Gasteiger partial charge in [0.2, 0.25) is 5.91 Å². The highest BCUT2D eigenvalue weighted by Crippen LogP contribution is 2.33. The number of rotatable bonds is 4. The number of piperidine rings is 1. The summed E-state index contributed by atoms with van der Waals surface area (Å²) in [5.74, 6) is 0.449. The van der Waals surface area contributed by atoms with Crippen molar-refractivity contribution < 1.29 is 9.18 Å². The van der Waals surface area contributed by atoms with Crippen LogP contribution in [0, 0.1) is 5.82 Å². The fraction of sp³-hybridized carbons (Fsp3) is 0.318. The number of aryl methyl sites for hydroxylation is 1. The summed E-state index contributed by atoms with van der Waals surface area (Å²) in [6.07, 6.45) is 5.29. The standard InChI is InChI=1S/C22H23FN2O/c23-18-7-8-19-20(15-24-21(19)14-18)17-10-12-25(13-11-17)22(26)9-6-16-4-2-1-3-5-16/h1-5,7-8,14-15,17,24H,6,9-13H2. The number of hydrogen-bond donors (Lipinski definition) is 1. The predicted octanol–water partition coefficient (Wildman–Crippen LogP) is 4.65. The Morgan fingerprint density at radius 3 is 2.65 bits per heavy atom. The summed E-state index contributed by atoms with van der Waals surface area (Å²) < 4.78 is 13.4. The lowest BCUT2D eigenvalue weighted by Gasteiger charge is -2.32. The molecule has 0 spiro atoms. The van der Waals surface area contributed by atoms with E-state index in [0.717, 1.165) is 43.3 Å². The molecule has 0 radical (unpaired) electrons. The molecule has 4 rings (SSSR count). The van der Waals surface area contributed by atoms with Crippen LogP contribution in [0.25, 0.3) is 10.9 Å². The van der Waals surface area contributed by atoms with Crippen molar-refractivity contribution in [1.29, 1.82) is 0 Å². The Balaban J connectivity index is 1.35. The lowest BCUT2D eigenvalue weighted by atomic mass is 9.89. The first-order valence-electron chi connectivity index (χ1n) is 9.29. The normalized spacial score (nSPS) is 15.5. The van der Waals surface area contributed by atoms with Crippen molar-refractivity contribution in [2.24, 2.45) is 0 Å². The Morgan fingerprint density at radius 2 is 1.88 bits per heavy atom. The van der Waals surface area contributed by atoms with Crippen LogP contribution in [0.4, 0.5) is 4.39 Å². The number of nitrogens with one attached hydrogen (secondary N) is 1. The maximum absolute atomic E-state index is 13.4. The highest BCUT2D eigenvalue weighted by molar-refractivity contribution is 5.84. The highest BCUT2D eigenvalue weighted by atomic mass is 19.1. The maximum Gasteiger partial charge on any atom is 0.222 e. The minimum Gasteiger partial charge on any atom is -0.361 e. The molecule has 0 saturated carbocycles. The summed E-state index contributed by atoms with van der Waals surface area (Å²) in [7, 11) is 0. The van der Waals surface area contributed by atoms with E-state index in [1.165, 1.54) is 17.2 Å². The van der Waals surface area contributed by atoms with Gasteiger partial charge >= 0.3 is 0 Å². The molecule has 2 heterocycles. The van der Waals surface area contributed by atoms with E-state index in [2.05, 4.69) is 17.1 Å². The summed E-state index contributed by atoms with van der Waals surface area (Å²) in [6, 6.07) is 15.1. The molecular weight excluding hydrogens is 327 g/mol. The molecule has 1 N–H and O–H groups in total. The van der Waals surface area contributed by atoms with Crippen molar-refractivity contribution >= 4 is 16.8 Å². The number of likely N-dealkylation sites (tertiary alicyclic amines) is 1. The number of aromatic nitrogens is 1. The van der Waals surface area contributed by atoms with Gasteiger partial charge in [-0.3, -0.25) is 4.79 Å². The SMILES string of the molecule is O=C(CCc1ccccc1)N1CCC(c2c[nH]c3cc(F)ccc23)CC1. The van der Waals surface area contributed by atoms with E-state index in [9.17, 15) is 9.18 Å². The molecule has 1 aromatic heterocycles. The van der Waals surface area contributed by atoms with Crippen molar-refractivity contribution in [2.45, 2.75) is 31.6 Å². The Bertz CT molecular complexity index is 895. The number of carbonyl (C=O) groups is 1. The molecule has 3 nitrogen and oxygen atoms in total. The second-order valence-electron chi connectivity index (χ2n) is 7.07. The van der Waals surface area contributed by atoms with Crippen LogP contribution in [-0.4, -0.2) is 28.9 Å².